The molecule has 1 aliphatic rings. The van der Waals surface area contributed by atoms with Gasteiger partial charge in [-0.25, -0.2) is 0 Å². The Balaban J connectivity index is 2.93. The highest BCUT2D eigenvalue weighted by Crippen LogP contribution is 2.18. The first-order valence-electron chi connectivity index (χ1n) is 11.3. The maximum absolute atomic E-state index is 13.2. The van der Waals surface area contributed by atoms with Crippen molar-refractivity contribution in [1.82, 2.24) is 21.3 Å². The van der Waals surface area contributed by atoms with E-state index in [1.807, 2.05) is 13.8 Å². The Hall–Kier alpha value is -2.32. The van der Waals surface area contributed by atoms with Crippen LogP contribution in [0.5, 0.6) is 0 Å². The molecule has 0 aromatic carbocycles. The molecule has 1 aliphatic heterocycles. The zero-order chi connectivity index (χ0) is 22.4. The lowest BCUT2D eigenvalue weighted by molar-refractivity contribution is -0.136. The molecule has 3 amide bonds. The van der Waals surface area contributed by atoms with Gasteiger partial charge in [-0.1, -0.05) is 39.5 Å². The molecule has 1 atom stereocenters. The summed E-state index contributed by atoms with van der Waals surface area (Å²) in [6.07, 6.45) is 8.17. The molecule has 1 fully saturated rings. The van der Waals surface area contributed by atoms with Crippen LogP contribution in [0.4, 0.5) is 0 Å². The van der Waals surface area contributed by atoms with Gasteiger partial charge in [-0.15, -0.1) is 0 Å². The first-order valence-corrected chi connectivity index (χ1v) is 11.3. The smallest absolute Gasteiger partial charge is 0.246 e. The van der Waals surface area contributed by atoms with E-state index in [2.05, 4.69) is 21.3 Å². The Labute approximate surface area is 180 Å². The fraction of sp³-hybridized carbons (Fsp3) is 0.810. The molecule has 30 heavy (non-hydrogen) atoms. The zero-order valence-electron chi connectivity index (χ0n) is 18.6. The average molecular weight is 425 g/mol. The predicted molar refractivity (Wildman–Crippen MR) is 118 cm³/mol. The zero-order valence-corrected chi connectivity index (χ0v) is 18.6. The summed E-state index contributed by atoms with van der Waals surface area (Å²) in [5.41, 5.74) is 4.27. The van der Waals surface area contributed by atoms with Gasteiger partial charge in [0.15, 0.2) is 5.96 Å². The second-order valence-electron chi connectivity index (χ2n) is 8.01. The molecule has 1 heterocycles. The number of carbonyl (C=O) groups excluding carboxylic acids is 3. The van der Waals surface area contributed by atoms with E-state index in [1.54, 1.807) is 0 Å². The monoisotopic (exact) mass is 424 g/mol. The van der Waals surface area contributed by atoms with E-state index in [0.717, 1.165) is 38.5 Å². The van der Waals surface area contributed by atoms with Crippen molar-refractivity contribution < 1.29 is 14.4 Å². The molecular formula is C21H40N6O3. The molecule has 172 valence electrons. The van der Waals surface area contributed by atoms with Gasteiger partial charge in [0.25, 0.3) is 0 Å². The van der Waals surface area contributed by atoms with E-state index in [0.29, 0.717) is 45.2 Å². The fourth-order valence-corrected chi connectivity index (χ4v) is 3.68. The molecule has 0 aromatic heterocycles. The lowest BCUT2D eigenvalue weighted by Crippen LogP contribution is -2.61. The Kier molecular flexibility index (Phi) is 11.8. The topological polar surface area (TPSA) is 149 Å². The molecule has 0 saturated carbocycles. The molecule has 1 saturated heterocycles. The molecule has 0 radical (unpaired) electrons. The number of hydrogen-bond donors (Lipinski definition) is 6. The van der Waals surface area contributed by atoms with Gasteiger partial charge in [-0.3, -0.25) is 19.8 Å². The van der Waals surface area contributed by atoms with E-state index in [9.17, 15) is 14.4 Å². The molecule has 1 rings (SSSR count). The van der Waals surface area contributed by atoms with Crippen LogP contribution in [0.15, 0.2) is 0 Å². The van der Waals surface area contributed by atoms with Gasteiger partial charge in [0, 0.05) is 19.5 Å². The van der Waals surface area contributed by atoms with Crippen molar-refractivity contribution in [2.24, 2.45) is 5.73 Å². The van der Waals surface area contributed by atoms with Gasteiger partial charge in [0.05, 0.1) is 0 Å². The van der Waals surface area contributed by atoms with E-state index in [1.165, 1.54) is 0 Å². The summed E-state index contributed by atoms with van der Waals surface area (Å²) in [4.78, 5) is 38.4. The molecule has 9 nitrogen and oxygen atoms in total. The van der Waals surface area contributed by atoms with Crippen LogP contribution in [0.2, 0.25) is 0 Å². The molecule has 0 aromatic rings. The van der Waals surface area contributed by atoms with Crippen LogP contribution in [0.1, 0.15) is 84.5 Å². The number of hydrogen-bond acceptors (Lipinski definition) is 4. The summed E-state index contributed by atoms with van der Waals surface area (Å²) >= 11 is 0. The van der Waals surface area contributed by atoms with Gasteiger partial charge in [0.2, 0.25) is 17.7 Å². The number of nitrogens with one attached hydrogen (secondary N) is 5. The summed E-state index contributed by atoms with van der Waals surface area (Å²) in [6, 6.07) is -0.700. The lowest BCUT2D eigenvalue weighted by atomic mass is 9.90. The minimum atomic E-state index is -1.02. The van der Waals surface area contributed by atoms with Crippen LogP contribution < -0.4 is 27.0 Å². The van der Waals surface area contributed by atoms with Gasteiger partial charge < -0.3 is 27.0 Å². The Morgan fingerprint density at radius 2 is 1.73 bits per heavy atom. The van der Waals surface area contributed by atoms with E-state index >= 15 is 0 Å². The Morgan fingerprint density at radius 3 is 2.37 bits per heavy atom. The second-order valence-corrected chi connectivity index (χ2v) is 8.01. The maximum Gasteiger partial charge on any atom is 0.246 e. The molecule has 0 bridgehead atoms. The predicted octanol–water partition coefficient (Wildman–Crippen LogP) is 1.27. The second kappa shape index (κ2) is 13.8. The van der Waals surface area contributed by atoms with E-state index in [-0.39, 0.29) is 23.7 Å². The third-order valence-corrected chi connectivity index (χ3v) is 5.76. The number of carbonyl (C=O) groups is 3. The molecule has 9 heteroatoms. The number of amides is 3. The standard InChI is InChI=1S/C21H40N6O3/c1-3-21(4-2)19(30)26-16(12-11-15-25-20(22)23)18(29)24-14-10-8-6-5-7-9-13-17(28)27-21/h16H,3-15H2,1-2H3,(H,24,29)(H,26,30)(H,27,28)(H4,22,23,25)/t16-/m0/s1. The van der Waals surface area contributed by atoms with Crippen LogP contribution in [0.25, 0.3) is 0 Å². The Morgan fingerprint density at radius 1 is 1.10 bits per heavy atom. The van der Waals surface area contributed by atoms with Crippen molar-refractivity contribution in [2.75, 3.05) is 13.1 Å². The molecule has 7 N–H and O–H groups in total. The van der Waals surface area contributed by atoms with Crippen LogP contribution in [-0.2, 0) is 14.4 Å². The molecular weight excluding hydrogens is 384 g/mol. The van der Waals surface area contributed by atoms with E-state index in [4.69, 9.17) is 11.1 Å². The van der Waals surface area contributed by atoms with Crippen LogP contribution >= 0.6 is 0 Å². The highest BCUT2D eigenvalue weighted by Gasteiger charge is 2.38. The minimum Gasteiger partial charge on any atom is -0.370 e. The van der Waals surface area contributed by atoms with Crippen LogP contribution in [-0.4, -0.2) is 48.4 Å². The summed E-state index contributed by atoms with van der Waals surface area (Å²) < 4.78 is 0. The molecule has 0 spiro atoms. The number of rotatable bonds is 6. The summed E-state index contributed by atoms with van der Waals surface area (Å²) in [6.45, 7) is 4.76. The Bertz CT molecular complexity index is 577. The van der Waals surface area contributed by atoms with Gasteiger partial charge in [-0.05, 0) is 38.5 Å². The largest absolute Gasteiger partial charge is 0.370 e. The van der Waals surface area contributed by atoms with Crippen molar-refractivity contribution in [3.8, 4) is 0 Å². The van der Waals surface area contributed by atoms with Crippen molar-refractivity contribution >= 4 is 23.7 Å². The first kappa shape index (κ1) is 25.7. The average Bonchev–Trinajstić information content (AvgIpc) is 2.71. The molecule has 0 aliphatic carbocycles. The van der Waals surface area contributed by atoms with Crippen molar-refractivity contribution in [1.29, 1.82) is 5.41 Å². The fourth-order valence-electron chi connectivity index (χ4n) is 3.68. The summed E-state index contributed by atoms with van der Waals surface area (Å²) in [5, 5.41) is 18.7. The van der Waals surface area contributed by atoms with Gasteiger partial charge in [-0.2, -0.15) is 0 Å². The number of nitrogens with two attached hydrogens (primary N) is 1. The highest BCUT2D eigenvalue weighted by atomic mass is 16.2. The van der Waals surface area contributed by atoms with Gasteiger partial charge >= 0.3 is 0 Å². The minimum absolute atomic E-state index is 0.118. The lowest BCUT2D eigenvalue weighted by Gasteiger charge is -2.33. The quantitative estimate of drug-likeness (QED) is 0.216. The SMILES string of the molecule is CCC1(CC)NC(=O)CCCCCCCCNC(=O)[C@H](CCCNC(=N)N)NC1=O. The van der Waals surface area contributed by atoms with Crippen LogP contribution in [0, 0.1) is 5.41 Å². The number of guanidine groups is 1. The maximum atomic E-state index is 13.2. The third-order valence-electron chi connectivity index (χ3n) is 5.76. The summed E-state index contributed by atoms with van der Waals surface area (Å²) in [7, 11) is 0. The van der Waals surface area contributed by atoms with Crippen LogP contribution in [0.3, 0.4) is 0 Å². The van der Waals surface area contributed by atoms with Crippen molar-refractivity contribution in [2.45, 2.75) is 96.1 Å². The van der Waals surface area contributed by atoms with Gasteiger partial charge in [0.1, 0.15) is 11.6 Å². The van der Waals surface area contributed by atoms with Crippen molar-refractivity contribution in [3.05, 3.63) is 0 Å². The third kappa shape index (κ3) is 9.00. The van der Waals surface area contributed by atoms with E-state index < -0.39 is 11.6 Å². The van der Waals surface area contributed by atoms with Crippen molar-refractivity contribution in [3.63, 3.8) is 0 Å². The highest BCUT2D eigenvalue weighted by molar-refractivity contribution is 5.94. The first-order chi connectivity index (χ1) is 14.3. The summed E-state index contributed by atoms with van der Waals surface area (Å²) in [5.74, 6) is -0.786. The normalized spacial score (nSPS) is 21.8. The molecule has 0 unspecified atom stereocenters.